The van der Waals surface area contributed by atoms with E-state index in [2.05, 4.69) is 21.2 Å². The van der Waals surface area contributed by atoms with Crippen LogP contribution in [0.4, 0.5) is 0 Å². The Morgan fingerprint density at radius 1 is 1.47 bits per heavy atom. The zero-order valence-corrected chi connectivity index (χ0v) is 12.9. The number of hydrogen-bond acceptors (Lipinski definition) is 2. The summed E-state index contributed by atoms with van der Waals surface area (Å²) in [5.41, 5.74) is 0.358. The predicted octanol–water partition coefficient (Wildman–Crippen LogP) is 3.07. The maximum absolute atomic E-state index is 11.7. The molecule has 0 unspecified atom stereocenters. The average molecular weight is 347 g/mol. The quantitative estimate of drug-likeness (QED) is 0.861. The molecule has 0 aromatic heterocycles. The van der Waals surface area contributed by atoms with Crippen LogP contribution in [0.25, 0.3) is 0 Å². The van der Waals surface area contributed by atoms with Crippen LogP contribution in [0.15, 0.2) is 22.7 Å². The first-order valence-corrected chi connectivity index (χ1v) is 7.59. The summed E-state index contributed by atoms with van der Waals surface area (Å²) in [4.78, 5) is 11.7. The molecule has 0 heterocycles. The zero-order chi connectivity index (χ0) is 13.9. The second-order valence-corrected chi connectivity index (χ2v) is 6.38. The van der Waals surface area contributed by atoms with Crippen LogP contribution in [0.3, 0.4) is 0 Å². The summed E-state index contributed by atoms with van der Waals surface area (Å²) in [7, 11) is 0. The second-order valence-electron chi connectivity index (χ2n) is 5.09. The number of nitrogens with one attached hydrogen (secondary N) is 1. The number of aliphatic hydroxyl groups is 1. The molecule has 1 fully saturated rings. The Labute approximate surface area is 126 Å². The molecule has 19 heavy (non-hydrogen) atoms. The standard InChI is InChI=1S/C14H17BrClNO2/c15-12-4-3-11(16)8-10(12)2-5-13(18)17-9-14(19)6-1-7-14/h3-4,8,19H,1-2,5-7,9H2,(H,17,18). The highest BCUT2D eigenvalue weighted by Gasteiger charge is 2.34. The van der Waals surface area contributed by atoms with Gasteiger partial charge in [0.25, 0.3) is 0 Å². The third kappa shape index (κ3) is 4.20. The van der Waals surface area contributed by atoms with Crippen LogP contribution in [0.2, 0.25) is 5.02 Å². The maximum Gasteiger partial charge on any atom is 0.220 e. The molecule has 1 aromatic rings. The van der Waals surface area contributed by atoms with E-state index in [1.807, 2.05) is 12.1 Å². The molecule has 104 valence electrons. The van der Waals surface area contributed by atoms with Crippen LogP contribution in [-0.4, -0.2) is 23.2 Å². The molecule has 1 saturated carbocycles. The van der Waals surface area contributed by atoms with Crippen molar-refractivity contribution in [2.45, 2.75) is 37.7 Å². The average Bonchev–Trinajstić information content (AvgIpc) is 2.35. The van der Waals surface area contributed by atoms with Gasteiger partial charge in [-0.15, -0.1) is 0 Å². The Balaban J connectivity index is 1.78. The zero-order valence-electron chi connectivity index (χ0n) is 10.6. The van der Waals surface area contributed by atoms with Gasteiger partial charge in [0.2, 0.25) is 5.91 Å². The van der Waals surface area contributed by atoms with Gasteiger partial charge >= 0.3 is 0 Å². The van der Waals surface area contributed by atoms with Crippen molar-refractivity contribution in [3.05, 3.63) is 33.3 Å². The van der Waals surface area contributed by atoms with Gasteiger partial charge in [0.15, 0.2) is 0 Å². The molecule has 5 heteroatoms. The fraction of sp³-hybridized carbons (Fsp3) is 0.500. The Hall–Kier alpha value is -0.580. The molecule has 0 bridgehead atoms. The van der Waals surface area contributed by atoms with Crippen molar-refractivity contribution in [2.24, 2.45) is 0 Å². The highest BCUT2D eigenvalue weighted by atomic mass is 79.9. The summed E-state index contributed by atoms with van der Waals surface area (Å²) in [5.74, 6) is -0.0350. The molecule has 1 aromatic carbocycles. The highest BCUT2D eigenvalue weighted by molar-refractivity contribution is 9.10. The van der Waals surface area contributed by atoms with E-state index in [4.69, 9.17) is 11.6 Å². The summed E-state index contributed by atoms with van der Waals surface area (Å²) < 4.78 is 0.960. The Morgan fingerprint density at radius 3 is 2.84 bits per heavy atom. The van der Waals surface area contributed by atoms with Gasteiger partial charge in [-0.25, -0.2) is 0 Å². The smallest absolute Gasteiger partial charge is 0.220 e. The van der Waals surface area contributed by atoms with Crippen LogP contribution in [-0.2, 0) is 11.2 Å². The van der Waals surface area contributed by atoms with Crippen molar-refractivity contribution in [1.29, 1.82) is 0 Å². The van der Waals surface area contributed by atoms with Gasteiger partial charge in [0.1, 0.15) is 0 Å². The van der Waals surface area contributed by atoms with Gasteiger partial charge in [-0.3, -0.25) is 4.79 Å². The normalized spacial score (nSPS) is 16.8. The van der Waals surface area contributed by atoms with Crippen LogP contribution < -0.4 is 5.32 Å². The number of amides is 1. The topological polar surface area (TPSA) is 49.3 Å². The van der Waals surface area contributed by atoms with Crippen molar-refractivity contribution in [3.63, 3.8) is 0 Å². The molecule has 1 aliphatic carbocycles. The van der Waals surface area contributed by atoms with Crippen LogP contribution >= 0.6 is 27.5 Å². The minimum absolute atomic E-state index is 0.0350. The number of rotatable bonds is 5. The summed E-state index contributed by atoms with van der Waals surface area (Å²) in [5, 5.41) is 13.3. The molecular weight excluding hydrogens is 330 g/mol. The lowest BCUT2D eigenvalue weighted by Gasteiger charge is -2.36. The van der Waals surface area contributed by atoms with Gasteiger partial charge < -0.3 is 10.4 Å². The summed E-state index contributed by atoms with van der Waals surface area (Å²) >= 11 is 9.37. The van der Waals surface area contributed by atoms with Crippen molar-refractivity contribution < 1.29 is 9.90 Å². The number of carbonyl (C=O) groups excluding carboxylic acids is 1. The van der Waals surface area contributed by atoms with Crippen molar-refractivity contribution in [3.8, 4) is 0 Å². The van der Waals surface area contributed by atoms with Crippen LogP contribution in [0.1, 0.15) is 31.2 Å². The lowest BCUT2D eigenvalue weighted by atomic mass is 9.80. The van der Waals surface area contributed by atoms with Gasteiger partial charge in [0, 0.05) is 22.5 Å². The molecule has 2 N–H and O–H groups in total. The molecule has 2 rings (SSSR count). The molecule has 0 radical (unpaired) electrons. The Kier molecular flexibility index (Phi) is 4.87. The summed E-state index contributed by atoms with van der Waals surface area (Å²) in [6.07, 6.45) is 3.64. The van der Waals surface area contributed by atoms with E-state index in [-0.39, 0.29) is 5.91 Å². The Morgan fingerprint density at radius 2 is 2.21 bits per heavy atom. The molecule has 0 spiro atoms. The fourth-order valence-electron chi connectivity index (χ4n) is 2.10. The van der Waals surface area contributed by atoms with Crippen LogP contribution in [0.5, 0.6) is 0 Å². The van der Waals surface area contributed by atoms with Gasteiger partial charge in [0.05, 0.1) is 5.60 Å². The van der Waals surface area contributed by atoms with Gasteiger partial charge in [-0.1, -0.05) is 27.5 Å². The first kappa shape index (κ1) is 14.8. The third-order valence-corrected chi connectivity index (χ3v) is 4.54. The lowest BCUT2D eigenvalue weighted by Crippen LogP contribution is -2.47. The van der Waals surface area contributed by atoms with Crippen molar-refractivity contribution in [1.82, 2.24) is 5.32 Å². The summed E-state index contributed by atoms with van der Waals surface area (Å²) in [6, 6.07) is 5.55. The van der Waals surface area contributed by atoms with E-state index < -0.39 is 5.60 Å². The number of aryl methyl sites for hydroxylation is 1. The van der Waals surface area contributed by atoms with E-state index in [1.165, 1.54) is 0 Å². The van der Waals surface area contributed by atoms with E-state index >= 15 is 0 Å². The minimum Gasteiger partial charge on any atom is -0.388 e. The molecule has 0 saturated heterocycles. The highest BCUT2D eigenvalue weighted by Crippen LogP contribution is 2.30. The van der Waals surface area contributed by atoms with Gasteiger partial charge in [-0.05, 0) is 49.4 Å². The number of halogens is 2. The molecule has 1 amide bonds. The first-order valence-electron chi connectivity index (χ1n) is 6.42. The maximum atomic E-state index is 11.7. The van der Waals surface area contributed by atoms with E-state index in [0.717, 1.165) is 29.3 Å². The first-order chi connectivity index (χ1) is 8.98. The number of hydrogen-bond donors (Lipinski definition) is 2. The molecular formula is C14H17BrClNO2. The molecule has 0 aliphatic heterocycles. The Bertz CT molecular complexity index is 475. The molecule has 0 atom stereocenters. The third-order valence-electron chi connectivity index (χ3n) is 3.53. The van der Waals surface area contributed by atoms with Gasteiger partial charge in [-0.2, -0.15) is 0 Å². The largest absolute Gasteiger partial charge is 0.388 e. The van der Waals surface area contributed by atoms with E-state index in [0.29, 0.717) is 24.4 Å². The van der Waals surface area contributed by atoms with Crippen LogP contribution in [0, 0.1) is 0 Å². The predicted molar refractivity (Wildman–Crippen MR) is 79.3 cm³/mol. The molecule has 3 nitrogen and oxygen atoms in total. The monoisotopic (exact) mass is 345 g/mol. The lowest BCUT2D eigenvalue weighted by molar-refractivity contribution is -0.123. The second kappa shape index (κ2) is 6.25. The molecule has 1 aliphatic rings. The number of benzene rings is 1. The fourth-order valence-corrected chi connectivity index (χ4v) is 2.74. The van der Waals surface area contributed by atoms with Crippen molar-refractivity contribution >= 4 is 33.4 Å². The summed E-state index contributed by atoms with van der Waals surface area (Å²) in [6.45, 7) is 0.364. The minimum atomic E-state index is -0.660. The van der Waals surface area contributed by atoms with Crippen molar-refractivity contribution in [2.75, 3.05) is 6.54 Å². The van der Waals surface area contributed by atoms with E-state index in [9.17, 15) is 9.90 Å². The number of carbonyl (C=O) groups is 1. The van der Waals surface area contributed by atoms with E-state index in [1.54, 1.807) is 6.07 Å². The SMILES string of the molecule is O=C(CCc1cc(Cl)ccc1Br)NCC1(O)CCC1.